The van der Waals surface area contributed by atoms with Crippen LogP contribution in [0.15, 0.2) is 24.5 Å². The molecule has 0 radical (unpaired) electrons. The molecule has 3 N–H and O–H groups in total. The lowest BCUT2D eigenvalue weighted by atomic mass is 10.0. The Bertz CT molecular complexity index is 517. The summed E-state index contributed by atoms with van der Waals surface area (Å²) in [5, 5.41) is 3.02. The predicted molar refractivity (Wildman–Crippen MR) is 73.6 cm³/mol. The van der Waals surface area contributed by atoms with Crippen molar-refractivity contribution in [3.63, 3.8) is 0 Å². The van der Waals surface area contributed by atoms with E-state index < -0.39 is 0 Å². The quantitative estimate of drug-likeness (QED) is 0.856. The first-order chi connectivity index (χ1) is 9.66. The molecule has 5 nitrogen and oxygen atoms in total. The lowest BCUT2D eigenvalue weighted by Gasteiger charge is -2.18. The summed E-state index contributed by atoms with van der Waals surface area (Å²) in [6, 6.07) is 3.85. The van der Waals surface area contributed by atoms with Gasteiger partial charge in [0.05, 0.1) is 5.92 Å². The second-order valence-corrected chi connectivity index (χ2v) is 5.78. The number of nitrogens with one attached hydrogen (secondary N) is 1. The molecular formula is C15H19N3O2. The Morgan fingerprint density at radius 3 is 2.65 bits per heavy atom. The predicted octanol–water partition coefficient (Wildman–Crippen LogP) is 0.955. The van der Waals surface area contributed by atoms with Gasteiger partial charge in [-0.05, 0) is 42.9 Å². The normalized spacial score (nSPS) is 31.8. The average Bonchev–Trinajstić information content (AvgIpc) is 3.12. The third-order valence-electron chi connectivity index (χ3n) is 4.47. The van der Waals surface area contributed by atoms with Gasteiger partial charge in [-0.2, -0.15) is 0 Å². The van der Waals surface area contributed by atoms with Crippen LogP contribution < -0.4 is 11.1 Å². The molecule has 2 aliphatic carbocycles. The van der Waals surface area contributed by atoms with Crippen LogP contribution in [0.3, 0.4) is 0 Å². The Balaban J connectivity index is 1.58. The summed E-state index contributed by atoms with van der Waals surface area (Å²) in [5.74, 6) is -0.103. The summed E-state index contributed by atoms with van der Waals surface area (Å²) >= 11 is 0. The van der Waals surface area contributed by atoms with Gasteiger partial charge in [0.2, 0.25) is 11.8 Å². The molecule has 0 spiro atoms. The van der Waals surface area contributed by atoms with E-state index in [-0.39, 0.29) is 29.7 Å². The molecule has 1 heterocycles. The topological polar surface area (TPSA) is 85.1 Å². The minimum Gasteiger partial charge on any atom is -0.369 e. The number of carbonyl (C=O) groups is 2. The van der Waals surface area contributed by atoms with Gasteiger partial charge in [-0.25, -0.2) is 0 Å². The van der Waals surface area contributed by atoms with Crippen LogP contribution in [-0.4, -0.2) is 22.8 Å². The molecule has 106 valence electrons. The van der Waals surface area contributed by atoms with E-state index in [0.717, 1.165) is 31.2 Å². The average molecular weight is 273 g/mol. The Kier molecular flexibility index (Phi) is 3.42. The molecule has 1 aromatic heterocycles. The Morgan fingerprint density at radius 2 is 1.95 bits per heavy atom. The van der Waals surface area contributed by atoms with Crippen molar-refractivity contribution >= 4 is 11.8 Å². The number of rotatable bonds is 4. The van der Waals surface area contributed by atoms with Crippen LogP contribution in [-0.2, 0) is 9.59 Å². The summed E-state index contributed by atoms with van der Waals surface area (Å²) in [6.07, 6.45) is 6.98. The van der Waals surface area contributed by atoms with Crippen LogP contribution in [0.5, 0.6) is 0 Å². The second kappa shape index (κ2) is 5.23. The maximum Gasteiger partial charge on any atom is 0.223 e. The standard InChI is InChI=1S/C15H19N3O2/c16-14(19)10-2-1-3-13(10)18-15(20)12-8-11(12)9-4-6-17-7-5-9/h4-7,10-13H,1-3,8H2,(H2,16,19)(H,18,20)/t10-,11+,12-,13+/m1/s1. The van der Waals surface area contributed by atoms with Crippen LogP contribution in [0.4, 0.5) is 0 Å². The highest BCUT2D eigenvalue weighted by molar-refractivity contribution is 5.84. The fourth-order valence-corrected chi connectivity index (χ4v) is 3.23. The zero-order valence-corrected chi connectivity index (χ0v) is 11.3. The van der Waals surface area contributed by atoms with Crippen molar-refractivity contribution < 1.29 is 9.59 Å². The summed E-state index contributed by atoms with van der Waals surface area (Å²) in [5.41, 5.74) is 6.54. The van der Waals surface area contributed by atoms with Gasteiger partial charge in [0.1, 0.15) is 0 Å². The number of carbonyl (C=O) groups excluding carboxylic acids is 2. The molecule has 4 atom stereocenters. The Hall–Kier alpha value is -1.91. The van der Waals surface area contributed by atoms with E-state index in [1.54, 1.807) is 12.4 Å². The molecule has 5 heteroatoms. The van der Waals surface area contributed by atoms with Crippen LogP contribution in [0, 0.1) is 11.8 Å². The summed E-state index contributed by atoms with van der Waals surface area (Å²) in [7, 11) is 0. The lowest BCUT2D eigenvalue weighted by Crippen LogP contribution is -2.43. The van der Waals surface area contributed by atoms with E-state index >= 15 is 0 Å². The minimum absolute atomic E-state index is 0.0338. The highest BCUT2D eigenvalue weighted by atomic mass is 16.2. The first kappa shape index (κ1) is 13.1. The molecule has 1 aromatic rings. The van der Waals surface area contributed by atoms with Gasteiger partial charge in [0.15, 0.2) is 0 Å². The minimum atomic E-state index is -0.297. The Labute approximate surface area is 118 Å². The smallest absolute Gasteiger partial charge is 0.223 e. The monoisotopic (exact) mass is 273 g/mol. The van der Waals surface area contributed by atoms with Crippen LogP contribution in [0.2, 0.25) is 0 Å². The zero-order valence-electron chi connectivity index (χ0n) is 11.3. The largest absolute Gasteiger partial charge is 0.369 e. The van der Waals surface area contributed by atoms with Gasteiger partial charge in [-0.15, -0.1) is 0 Å². The van der Waals surface area contributed by atoms with E-state index in [1.165, 1.54) is 0 Å². The van der Waals surface area contributed by atoms with Gasteiger partial charge in [0.25, 0.3) is 0 Å². The van der Waals surface area contributed by atoms with Gasteiger partial charge in [-0.1, -0.05) is 6.42 Å². The molecule has 2 fully saturated rings. The summed E-state index contributed by atoms with van der Waals surface area (Å²) in [6.45, 7) is 0. The molecule has 2 aliphatic rings. The van der Waals surface area contributed by atoms with Crippen molar-refractivity contribution in [3.05, 3.63) is 30.1 Å². The fraction of sp³-hybridized carbons (Fsp3) is 0.533. The van der Waals surface area contributed by atoms with Crippen LogP contribution in [0.1, 0.15) is 37.2 Å². The SMILES string of the molecule is NC(=O)[C@@H]1CCC[C@@H]1NC(=O)[C@@H]1C[C@H]1c1ccncc1. The van der Waals surface area contributed by atoms with Crippen molar-refractivity contribution in [1.82, 2.24) is 10.3 Å². The van der Waals surface area contributed by atoms with E-state index in [9.17, 15) is 9.59 Å². The molecular weight excluding hydrogens is 254 g/mol. The molecule has 0 saturated heterocycles. The maximum atomic E-state index is 12.2. The number of primary amides is 1. The van der Waals surface area contributed by atoms with E-state index in [0.29, 0.717) is 5.92 Å². The van der Waals surface area contributed by atoms with Crippen molar-refractivity contribution in [2.24, 2.45) is 17.6 Å². The first-order valence-corrected chi connectivity index (χ1v) is 7.16. The number of nitrogens with zero attached hydrogens (tertiary/aromatic N) is 1. The molecule has 3 rings (SSSR count). The van der Waals surface area contributed by atoms with Crippen molar-refractivity contribution in [3.8, 4) is 0 Å². The highest BCUT2D eigenvalue weighted by Crippen LogP contribution is 2.47. The molecule has 0 aliphatic heterocycles. The molecule has 0 unspecified atom stereocenters. The number of nitrogens with two attached hydrogens (primary N) is 1. The second-order valence-electron chi connectivity index (χ2n) is 5.78. The van der Waals surface area contributed by atoms with E-state index in [4.69, 9.17) is 5.73 Å². The van der Waals surface area contributed by atoms with E-state index in [2.05, 4.69) is 10.3 Å². The molecule has 20 heavy (non-hydrogen) atoms. The van der Waals surface area contributed by atoms with Crippen molar-refractivity contribution in [2.75, 3.05) is 0 Å². The van der Waals surface area contributed by atoms with E-state index in [1.807, 2.05) is 12.1 Å². The van der Waals surface area contributed by atoms with Crippen LogP contribution >= 0.6 is 0 Å². The van der Waals surface area contributed by atoms with Crippen molar-refractivity contribution in [1.29, 1.82) is 0 Å². The number of hydrogen-bond acceptors (Lipinski definition) is 3. The van der Waals surface area contributed by atoms with Gasteiger partial charge in [-0.3, -0.25) is 14.6 Å². The molecule has 2 amide bonds. The zero-order chi connectivity index (χ0) is 14.1. The fourth-order valence-electron chi connectivity index (χ4n) is 3.23. The Morgan fingerprint density at radius 1 is 1.20 bits per heavy atom. The lowest BCUT2D eigenvalue weighted by molar-refractivity contribution is -0.125. The highest BCUT2D eigenvalue weighted by Gasteiger charge is 2.45. The van der Waals surface area contributed by atoms with Gasteiger partial charge in [0, 0.05) is 24.4 Å². The first-order valence-electron chi connectivity index (χ1n) is 7.16. The third kappa shape index (κ3) is 2.53. The molecule has 2 saturated carbocycles. The number of pyridine rings is 1. The van der Waals surface area contributed by atoms with Gasteiger partial charge < -0.3 is 11.1 Å². The third-order valence-corrected chi connectivity index (χ3v) is 4.47. The maximum absolute atomic E-state index is 12.2. The molecule has 0 aromatic carbocycles. The summed E-state index contributed by atoms with van der Waals surface area (Å²) in [4.78, 5) is 27.5. The number of amides is 2. The van der Waals surface area contributed by atoms with Crippen LogP contribution in [0.25, 0.3) is 0 Å². The van der Waals surface area contributed by atoms with Crippen molar-refractivity contribution in [2.45, 2.75) is 37.6 Å². The van der Waals surface area contributed by atoms with Gasteiger partial charge >= 0.3 is 0 Å². The number of aromatic nitrogens is 1. The number of hydrogen-bond donors (Lipinski definition) is 2. The summed E-state index contributed by atoms with van der Waals surface area (Å²) < 4.78 is 0. The molecule has 0 bridgehead atoms.